The fourth-order valence-corrected chi connectivity index (χ4v) is 2.59. The average molecular weight is 320 g/mol. The Bertz CT molecular complexity index is 761. The van der Waals surface area contributed by atoms with E-state index in [1.165, 1.54) is 11.8 Å². The molecule has 2 N–H and O–H groups in total. The van der Waals surface area contributed by atoms with Crippen molar-refractivity contribution >= 4 is 29.2 Å². The first kappa shape index (κ1) is 13.8. The van der Waals surface area contributed by atoms with Gasteiger partial charge in [0.2, 0.25) is 5.16 Å². The fourth-order valence-electron chi connectivity index (χ4n) is 1.65. The Kier molecular flexibility index (Phi) is 3.98. The van der Waals surface area contributed by atoms with Gasteiger partial charge in [0.05, 0.1) is 11.4 Å². The van der Waals surface area contributed by atoms with Gasteiger partial charge in [0.25, 0.3) is 0 Å². The van der Waals surface area contributed by atoms with Crippen molar-refractivity contribution < 1.29 is 0 Å². The molecule has 21 heavy (non-hydrogen) atoms. The summed E-state index contributed by atoms with van der Waals surface area (Å²) in [6, 6.07) is 8.95. The molecule has 0 spiro atoms. The first-order chi connectivity index (χ1) is 10.2. The van der Waals surface area contributed by atoms with E-state index < -0.39 is 0 Å². The molecule has 0 aliphatic rings. The molecule has 7 nitrogen and oxygen atoms in total. The number of nitrogens with zero attached hydrogens (tertiary/aromatic N) is 6. The van der Waals surface area contributed by atoms with E-state index in [1.807, 2.05) is 12.1 Å². The van der Waals surface area contributed by atoms with E-state index in [-0.39, 0.29) is 0 Å². The highest BCUT2D eigenvalue weighted by Gasteiger charge is 2.10. The van der Waals surface area contributed by atoms with Crippen LogP contribution in [0.5, 0.6) is 0 Å². The lowest BCUT2D eigenvalue weighted by Gasteiger charge is -2.04. The summed E-state index contributed by atoms with van der Waals surface area (Å²) in [7, 11) is 0. The molecular weight excluding hydrogens is 310 g/mol. The number of tetrazole rings is 1. The largest absolute Gasteiger partial charge is 0.384 e. The number of hydrogen-bond donors (Lipinski definition) is 1. The number of anilines is 1. The van der Waals surface area contributed by atoms with E-state index in [0.717, 1.165) is 5.69 Å². The highest BCUT2D eigenvalue weighted by atomic mass is 35.5. The summed E-state index contributed by atoms with van der Waals surface area (Å²) < 4.78 is 1.61. The van der Waals surface area contributed by atoms with Crippen molar-refractivity contribution in [3.8, 4) is 5.69 Å². The van der Waals surface area contributed by atoms with Gasteiger partial charge in [0.15, 0.2) is 0 Å². The molecule has 3 rings (SSSR count). The number of hydrogen-bond acceptors (Lipinski definition) is 7. The zero-order valence-electron chi connectivity index (χ0n) is 10.7. The zero-order valence-corrected chi connectivity index (χ0v) is 12.3. The summed E-state index contributed by atoms with van der Waals surface area (Å²) in [6.07, 6.45) is 1.62. The molecule has 0 bridgehead atoms. The lowest BCUT2D eigenvalue weighted by molar-refractivity contribution is 0.756. The molecule has 0 aliphatic carbocycles. The van der Waals surface area contributed by atoms with Crippen LogP contribution in [0.4, 0.5) is 5.82 Å². The van der Waals surface area contributed by atoms with Crippen LogP contribution in [-0.4, -0.2) is 30.2 Å². The SMILES string of the molecule is Nc1ccnc(CSc2nnnn2-c2cccc(Cl)c2)n1. The second kappa shape index (κ2) is 6.06. The van der Waals surface area contributed by atoms with E-state index in [0.29, 0.717) is 27.6 Å². The highest BCUT2D eigenvalue weighted by Crippen LogP contribution is 2.22. The Morgan fingerprint density at radius 1 is 1.29 bits per heavy atom. The van der Waals surface area contributed by atoms with Crippen LogP contribution in [0.25, 0.3) is 5.69 Å². The van der Waals surface area contributed by atoms with Crippen LogP contribution in [0.2, 0.25) is 5.02 Å². The van der Waals surface area contributed by atoms with Crippen LogP contribution in [0.1, 0.15) is 5.82 Å². The lowest BCUT2D eigenvalue weighted by Crippen LogP contribution is -2.00. The third-order valence-electron chi connectivity index (χ3n) is 2.55. The Hall–Kier alpha value is -2.19. The van der Waals surface area contributed by atoms with Gasteiger partial charge in [-0.25, -0.2) is 9.97 Å². The molecular formula is C12H10ClN7S. The van der Waals surface area contributed by atoms with Crippen LogP contribution in [0, 0.1) is 0 Å². The number of rotatable bonds is 4. The summed E-state index contributed by atoms with van der Waals surface area (Å²) in [5.41, 5.74) is 6.42. The summed E-state index contributed by atoms with van der Waals surface area (Å²) in [6.45, 7) is 0. The molecule has 9 heteroatoms. The summed E-state index contributed by atoms with van der Waals surface area (Å²) >= 11 is 7.40. The van der Waals surface area contributed by atoms with Crippen LogP contribution < -0.4 is 5.73 Å². The smallest absolute Gasteiger partial charge is 0.214 e. The van der Waals surface area contributed by atoms with Gasteiger partial charge in [0, 0.05) is 11.2 Å². The molecule has 0 fully saturated rings. The van der Waals surface area contributed by atoms with Gasteiger partial charge >= 0.3 is 0 Å². The standard InChI is InChI=1S/C12H10ClN7S/c13-8-2-1-3-9(6-8)20-12(17-18-19-20)21-7-11-15-5-4-10(14)16-11/h1-6H,7H2,(H2,14,15,16). The first-order valence-electron chi connectivity index (χ1n) is 5.97. The van der Waals surface area contributed by atoms with E-state index in [1.54, 1.807) is 29.1 Å². The second-order valence-electron chi connectivity index (χ2n) is 4.04. The van der Waals surface area contributed by atoms with Crippen molar-refractivity contribution in [2.24, 2.45) is 0 Å². The number of nitrogen functional groups attached to an aromatic ring is 1. The maximum absolute atomic E-state index is 5.98. The zero-order chi connectivity index (χ0) is 14.7. The van der Waals surface area contributed by atoms with Gasteiger partial charge in [-0.2, -0.15) is 4.68 Å². The number of aromatic nitrogens is 6. The molecule has 0 unspecified atom stereocenters. The topological polar surface area (TPSA) is 95.4 Å². The number of halogens is 1. The molecule has 1 aromatic carbocycles. The Labute approximate surface area is 129 Å². The van der Waals surface area contributed by atoms with Crippen LogP contribution in [-0.2, 0) is 5.75 Å². The maximum atomic E-state index is 5.98. The Morgan fingerprint density at radius 2 is 2.19 bits per heavy atom. The van der Waals surface area contributed by atoms with Crippen LogP contribution in [0.3, 0.4) is 0 Å². The Balaban J connectivity index is 1.80. The van der Waals surface area contributed by atoms with Crippen molar-refractivity contribution in [1.29, 1.82) is 0 Å². The van der Waals surface area contributed by atoms with Gasteiger partial charge in [-0.05, 0) is 34.7 Å². The molecule has 0 amide bonds. The average Bonchev–Trinajstić information content (AvgIpc) is 2.94. The molecule has 2 aromatic heterocycles. The molecule has 3 aromatic rings. The third-order valence-corrected chi connectivity index (χ3v) is 3.70. The van der Waals surface area contributed by atoms with Crippen molar-refractivity contribution in [2.75, 3.05) is 5.73 Å². The molecule has 0 aliphatic heterocycles. The highest BCUT2D eigenvalue weighted by molar-refractivity contribution is 7.98. The van der Waals surface area contributed by atoms with Crippen molar-refractivity contribution in [3.05, 3.63) is 47.4 Å². The van der Waals surface area contributed by atoms with E-state index >= 15 is 0 Å². The van der Waals surface area contributed by atoms with Crippen LogP contribution >= 0.6 is 23.4 Å². The molecule has 0 saturated carbocycles. The lowest BCUT2D eigenvalue weighted by atomic mass is 10.3. The predicted molar refractivity (Wildman–Crippen MR) is 80.2 cm³/mol. The maximum Gasteiger partial charge on any atom is 0.214 e. The summed E-state index contributed by atoms with van der Waals surface area (Å²) in [4.78, 5) is 8.28. The number of thioether (sulfide) groups is 1. The van der Waals surface area contributed by atoms with Crippen molar-refractivity contribution in [1.82, 2.24) is 30.2 Å². The summed E-state index contributed by atoms with van der Waals surface area (Å²) in [5.74, 6) is 1.59. The van der Waals surface area contributed by atoms with E-state index in [9.17, 15) is 0 Å². The van der Waals surface area contributed by atoms with Crippen molar-refractivity contribution in [2.45, 2.75) is 10.9 Å². The Morgan fingerprint density at radius 3 is 3.00 bits per heavy atom. The van der Waals surface area contributed by atoms with E-state index in [2.05, 4.69) is 25.5 Å². The molecule has 0 saturated heterocycles. The van der Waals surface area contributed by atoms with Gasteiger partial charge in [-0.15, -0.1) is 5.10 Å². The second-order valence-corrected chi connectivity index (χ2v) is 5.42. The minimum Gasteiger partial charge on any atom is -0.384 e. The molecule has 0 atom stereocenters. The first-order valence-corrected chi connectivity index (χ1v) is 7.33. The normalized spacial score (nSPS) is 10.7. The quantitative estimate of drug-likeness (QED) is 0.734. The predicted octanol–water partition coefficient (Wildman–Crippen LogP) is 1.98. The monoisotopic (exact) mass is 319 g/mol. The molecule has 0 radical (unpaired) electrons. The molecule has 2 heterocycles. The van der Waals surface area contributed by atoms with Gasteiger partial charge in [-0.1, -0.05) is 29.4 Å². The minimum atomic E-state index is 0.440. The fraction of sp³-hybridized carbons (Fsp3) is 0.0833. The van der Waals surface area contributed by atoms with Gasteiger partial charge in [0.1, 0.15) is 11.6 Å². The van der Waals surface area contributed by atoms with Crippen LogP contribution in [0.15, 0.2) is 41.7 Å². The van der Waals surface area contributed by atoms with Gasteiger partial charge < -0.3 is 5.73 Å². The van der Waals surface area contributed by atoms with E-state index in [4.69, 9.17) is 17.3 Å². The van der Waals surface area contributed by atoms with Crippen molar-refractivity contribution in [3.63, 3.8) is 0 Å². The minimum absolute atomic E-state index is 0.440. The number of benzene rings is 1. The number of nitrogens with two attached hydrogens (primary N) is 1. The third kappa shape index (κ3) is 3.29. The van der Waals surface area contributed by atoms with Gasteiger partial charge in [-0.3, -0.25) is 0 Å². The molecule has 106 valence electrons. The summed E-state index contributed by atoms with van der Waals surface area (Å²) in [5, 5.41) is 12.9.